The van der Waals surface area contributed by atoms with Crippen LogP contribution in [0.5, 0.6) is 11.5 Å². The first-order valence-electron chi connectivity index (χ1n) is 10.3. The van der Waals surface area contributed by atoms with E-state index in [9.17, 15) is 14.7 Å². The van der Waals surface area contributed by atoms with Crippen molar-refractivity contribution < 1.29 is 24.2 Å². The monoisotopic (exact) mass is 435 g/mol. The summed E-state index contributed by atoms with van der Waals surface area (Å²) in [5.41, 5.74) is 3.08. The van der Waals surface area contributed by atoms with E-state index in [0.29, 0.717) is 22.6 Å². The predicted molar refractivity (Wildman–Crippen MR) is 120 cm³/mol. The van der Waals surface area contributed by atoms with E-state index in [1.54, 1.807) is 32.0 Å². The number of anilines is 1. The highest BCUT2D eigenvalue weighted by Gasteiger charge is 2.46. The lowest BCUT2D eigenvalue weighted by molar-refractivity contribution is -0.119. The number of amides is 1. The Bertz CT molecular complexity index is 1260. The fourth-order valence-corrected chi connectivity index (χ4v) is 3.95. The Morgan fingerprint density at radius 3 is 2.50 bits per heavy atom. The van der Waals surface area contributed by atoms with Crippen LogP contribution in [0.1, 0.15) is 31.0 Å². The molecule has 1 unspecified atom stereocenters. The Morgan fingerprint density at radius 2 is 1.84 bits per heavy atom. The summed E-state index contributed by atoms with van der Waals surface area (Å²) in [4.78, 5) is 35.3. The van der Waals surface area contributed by atoms with Gasteiger partial charge in [-0.05, 0) is 42.3 Å². The number of aromatic nitrogens is 2. The Morgan fingerprint density at radius 1 is 1.12 bits per heavy atom. The van der Waals surface area contributed by atoms with E-state index >= 15 is 0 Å². The van der Waals surface area contributed by atoms with Crippen LogP contribution in [0.25, 0.3) is 11.0 Å². The number of nitrogens with one attached hydrogen (secondary N) is 1. The predicted octanol–water partition coefficient (Wildman–Crippen LogP) is 4.01. The van der Waals surface area contributed by atoms with E-state index in [1.807, 2.05) is 25.1 Å². The number of aliphatic hydroxyl groups excluding tert-OH is 1. The van der Waals surface area contributed by atoms with Crippen molar-refractivity contribution in [2.24, 2.45) is 5.92 Å². The number of aromatic amines is 1. The third-order valence-electron chi connectivity index (χ3n) is 5.57. The van der Waals surface area contributed by atoms with E-state index in [-0.39, 0.29) is 17.3 Å². The van der Waals surface area contributed by atoms with Crippen LogP contribution in [0, 0.1) is 12.8 Å². The summed E-state index contributed by atoms with van der Waals surface area (Å²) in [5.74, 6) is -0.791. The topological polar surface area (TPSA) is 105 Å². The van der Waals surface area contributed by atoms with Gasteiger partial charge in [-0.15, -0.1) is 0 Å². The number of aryl methyl sites for hydroxylation is 1. The maximum absolute atomic E-state index is 13.2. The first-order chi connectivity index (χ1) is 15.3. The van der Waals surface area contributed by atoms with Crippen molar-refractivity contribution in [2.75, 3.05) is 19.1 Å². The number of ketones is 1. The second kappa shape index (κ2) is 8.03. The number of nitrogens with zero attached hydrogens (tertiary/aromatic N) is 2. The standard InChI is InChI=1S/C24H25N3O5/c1-12(2)21(28)19-20(14-7-9-17(31-4)18(11-14)32-5)27(23(30)22(19)29)24-25-15-8-6-13(3)10-16(15)26-24/h6-12,20,29H,1-5H3,(H,25,26). The SMILES string of the molecule is COc1ccc(C2C(C(=O)C(C)C)=C(O)C(=O)N2c2nc3ccc(C)cc3[nH]2)cc1OC. The van der Waals surface area contributed by atoms with E-state index in [1.165, 1.54) is 19.1 Å². The summed E-state index contributed by atoms with van der Waals surface area (Å²) in [6.45, 7) is 5.41. The number of carbonyl (C=O) groups excluding carboxylic acids is 2. The number of carbonyl (C=O) groups is 2. The zero-order chi connectivity index (χ0) is 23.2. The molecule has 1 amide bonds. The molecule has 0 bridgehead atoms. The van der Waals surface area contributed by atoms with Gasteiger partial charge in [-0.1, -0.05) is 26.0 Å². The van der Waals surface area contributed by atoms with Crippen molar-refractivity contribution in [2.45, 2.75) is 26.8 Å². The molecule has 2 N–H and O–H groups in total. The minimum Gasteiger partial charge on any atom is -0.503 e. The summed E-state index contributed by atoms with van der Waals surface area (Å²) in [6, 6.07) is 9.96. The third-order valence-corrected chi connectivity index (χ3v) is 5.57. The van der Waals surface area contributed by atoms with E-state index in [0.717, 1.165) is 11.1 Å². The molecule has 1 atom stereocenters. The Balaban J connectivity index is 1.92. The Hall–Kier alpha value is -3.81. The first-order valence-corrected chi connectivity index (χ1v) is 10.3. The average molecular weight is 435 g/mol. The van der Waals surface area contributed by atoms with Crippen molar-refractivity contribution in [1.82, 2.24) is 9.97 Å². The largest absolute Gasteiger partial charge is 0.503 e. The fourth-order valence-electron chi connectivity index (χ4n) is 3.95. The number of aliphatic hydroxyl groups is 1. The van der Waals surface area contributed by atoms with Crippen LogP contribution in [0.15, 0.2) is 47.7 Å². The number of imidazole rings is 1. The van der Waals surface area contributed by atoms with Gasteiger partial charge < -0.3 is 19.6 Å². The number of rotatable bonds is 6. The Labute approximate surface area is 185 Å². The minimum atomic E-state index is -0.876. The van der Waals surface area contributed by atoms with Gasteiger partial charge in [0.1, 0.15) is 0 Å². The van der Waals surface area contributed by atoms with Crippen LogP contribution in [-0.4, -0.2) is 41.0 Å². The molecular formula is C24H25N3O5. The molecule has 0 saturated heterocycles. The third kappa shape index (κ3) is 3.37. The molecule has 1 aromatic heterocycles. The summed E-state index contributed by atoms with van der Waals surface area (Å²) < 4.78 is 10.7. The normalized spacial score (nSPS) is 16.4. The zero-order valence-corrected chi connectivity index (χ0v) is 18.6. The first kappa shape index (κ1) is 21.4. The van der Waals surface area contributed by atoms with E-state index in [2.05, 4.69) is 9.97 Å². The molecule has 0 saturated carbocycles. The lowest BCUT2D eigenvalue weighted by atomic mass is 9.91. The highest BCUT2D eigenvalue weighted by Crippen LogP contribution is 2.43. The number of benzene rings is 2. The second-order valence-electron chi connectivity index (χ2n) is 8.05. The lowest BCUT2D eigenvalue weighted by Crippen LogP contribution is -2.32. The quantitative estimate of drug-likeness (QED) is 0.606. The van der Waals surface area contributed by atoms with Gasteiger partial charge in [0.05, 0.1) is 36.9 Å². The maximum Gasteiger partial charge on any atom is 0.296 e. The molecule has 32 heavy (non-hydrogen) atoms. The summed E-state index contributed by atoms with van der Waals surface area (Å²) in [7, 11) is 3.03. The number of hydrogen-bond acceptors (Lipinski definition) is 6. The number of hydrogen-bond donors (Lipinski definition) is 2. The van der Waals surface area contributed by atoms with Gasteiger partial charge in [-0.2, -0.15) is 0 Å². The van der Waals surface area contributed by atoms with Crippen molar-refractivity contribution in [3.63, 3.8) is 0 Å². The molecule has 0 radical (unpaired) electrons. The number of fused-ring (bicyclic) bond motifs is 1. The van der Waals surface area contributed by atoms with Crippen LogP contribution in [0.3, 0.4) is 0 Å². The van der Waals surface area contributed by atoms with Crippen molar-refractivity contribution in [3.05, 3.63) is 58.9 Å². The van der Waals surface area contributed by atoms with Crippen LogP contribution in [0.2, 0.25) is 0 Å². The van der Waals surface area contributed by atoms with Gasteiger partial charge in [0, 0.05) is 5.92 Å². The molecule has 1 aliphatic rings. The average Bonchev–Trinajstić information content (AvgIpc) is 3.30. The molecule has 0 aliphatic carbocycles. The van der Waals surface area contributed by atoms with Gasteiger partial charge in [0.2, 0.25) is 5.95 Å². The molecule has 3 aromatic rings. The molecule has 8 heteroatoms. The number of ether oxygens (including phenoxy) is 2. The minimum absolute atomic E-state index is 0.0360. The van der Waals surface area contributed by atoms with Gasteiger partial charge in [-0.3, -0.25) is 14.5 Å². The molecule has 1 aliphatic heterocycles. The van der Waals surface area contributed by atoms with E-state index in [4.69, 9.17) is 9.47 Å². The van der Waals surface area contributed by atoms with Gasteiger partial charge in [0.15, 0.2) is 23.0 Å². The maximum atomic E-state index is 13.2. The van der Waals surface area contributed by atoms with Crippen molar-refractivity contribution in [3.8, 4) is 11.5 Å². The summed E-state index contributed by atoms with van der Waals surface area (Å²) in [5, 5.41) is 10.8. The van der Waals surface area contributed by atoms with Gasteiger partial charge >= 0.3 is 0 Å². The van der Waals surface area contributed by atoms with E-state index < -0.39 is 23.6 Å². The number of methoxy groups -OCH3 is 2. The number of Topliss-reactive ketones (excluding diaryl/α,β-unsaturated/α-hetero) is 1. The van der Waals surface area contributed by atoms with Crippen molar-refractivity contribution in [1.29, 1.82) is 0 Å². The highest BCUT2D eigenvalue weighted by molar-refractivity contribution is 6.16. The smallest absolute Gasteiger partial charge is 0.296 e. The second-order valence-corrected chi connectivity index (χ2v) is 8.05. The number of H-pyrrole nitrogens is 1. The highest BCUT2D eigenvalue weighted by atomic mass is 16.5. The zero-order valence-electron chi connectivity index (χ0n) is 18.6. The summed E-state index contributed by atoms with van der Waals surface area (Å²) >= 11 is 0. The molecule has 4 rings (SSSR count). The molecule has 2 aromatic carbocycles. The molecule has 8 nitrogen and oxygen atoms in total. The molecular weight excluding hydrogens is 410 g/mol. The molecule has 0 fully saturated rings. The molecule has 166 valence electrons. The molecule has 0 spiro atoms. The van der Waals surface area contributed by atoms with Crippen LogP contribution < -0.4 is 14.4 Å². The lowest BCUT2D eigenvalue weighted by Gasteiger charge is -2.25. The van der Waals surface area contributed by atoms with Crippen LogP contribution in [-0.2, 0) is 9.59 Å². The molecule has 2 heterocycles. The Kier molecular flexibility index (Phi) is 5.38. The van der Waals surface area contributed by atoms with Crippen LogP contribution >= 0.6 is 0 Å². The summed E-state index contributed by atoms with van der Waals surface area (Å²) in [6.07, 6.45) is 0. The fraction of sp³-hybridized carbons (Fsp3) is 0.292. The van der Waals surface area contributed by atoms with Gasteiger partial charge in [0.25, 0.3) is 5.91 Å². The van der Waals surface area contributed by atoms with Crippen LogP contribution in [0.4, 0.5) is 5.95 Å². The van der Waals surface area contributed by atoms with Gasteiger partial charge in [-0.25, -0.2) is 4.98 Å². The van der Waals surface area contributed by atoms with Crippen molar-refractivity contribution >= 4 is 28.7 Å².